The number of anilines is 2. The lowest BCUT2D eigenvalue weighted by Crippen LogP contribution is -2.55. The van der Waals surface area contributed by atoms with E-state index in [9.17, 15) is 18.0 Å². The fourth-order valence-corrected chi connectivity index (χ4v) is 4.21. The second kappa shape index (κ2) is 6.52. The van der Waals surface area contributed by atoms with Crippen molar-refractivity contribution in [2.24, 2.45) is 0 Å². The third-order valence-electron chi connectivity index (χ3n) is 5.38. The molecular formula is C20H15F3N4OS. The van der Waals surface area contributed by atoms with Gasteiger partial charge in [0.25, 0.3) is 5.91 Å². The first kappa shape index (κ1) is 19.3. The molecule has 1 saturated heterocycles. The molecule has 5 nitrogen and oxygen atoms in total. The molecule has 0 N–H and O–H groups in total. The average molecular weight is 416 g/mol. The minimum absolute atomic E-state index is 0.0869. The maximum absolute atomic E-state index is 13.3. The van der Waals surface area contributed by atoms with Gasteiger partial charge in [0.2, 0.25) is 0 Å². The summed E-state index contributed by atoms with van der Waals surface area (Å²) in [4.78, 5) is 19.7. The van der Waals surface area contributed by atoms with Gasteiger partial charge in [-0.25, -0.2) is 9.88 Å². The third-order valence-corrected chi connectivity index (χ3v) is 5.75. The summed E-state index contributed by atoms with van der Waals surface area (Å²) in [6, 6.07) is 11.2. The topological polar surface area (TPSA) is 60.2 Å². The first-order valence-corrected chi connectivity index (χ1v) is 9.34. The second-order valence-corrected chi connectivity index (χ2v) is 7.52. The van der Waals surface area contributed by atoms with Crippen LogP contribution in [0.4, 0.5) is 24.7 Å². The van der Waals surface area contributed by atoms with Gasteiger partial charge in [-0.1, -0.05) is 17.7 Å². The summed E-state index contributed by atoms with van der Waals surface area (Å²) >= 11 is 5.53. The average Bonchev–Trinajstić information content (AvgIpc) is 2.88. The summed E-state index contributed by atoms with van der Waals surface area (Å²) in [6.07, 6.45) is -2.90. The Labute approximate surface area is 170 Å². The van der Waals surface area contributed by atoms with Crippen molar-refractivity contribution >= 4 is 34.7 Å². The molecule has 29 heavy (non-hydrogen) atoms. The number of alkyl halides is 3. The van der Waals surface area contributed by atoms with Crippen LogP contribution in [0.1, 0.15) is 36.1 Å². The number of amides is 1. The van der Waals surface area contributed by atoms with Gasteiger partial charge in [0.1, 0.15) is 17.4 Å². The van der Waals surface area contributed by atoms with Crippen molar-refractivity contribution in [3.63, 3.8) is 0 Å². The zero-order valence-electron chi connectivity index (χ0n) is 15.3. The molecule has 1 saturated carbocycles. The number of rotatable bonds is 2. The third kappa shape index (κ3) is 2.86. The van der Waals surface area contributed by atoms with Gasteiger partial charge in [-0.05, 0) is 62.7 Å². The number of hydrogen-bond acceptors (Lipinski definition) is 4. The van der Waals surface area contributed by atoms with E-state index in [0.717, 1.165) is 23.0 Å². The molecule has 0 radical (unpaired) electrons. The predicted octanol–water partition coefficient (Wildman–Crippen LogP) is 4.34. The van der Waals surface area contributed by atoms with Crippen LogP contribution in [0.25, 0.3) is 0 Å². The van der Waals surface area contributed by atoms with Crippen LogP contribution in [0.3, 0.4) is 0 Å². The van der Waals surface area contributed by atoms with E-state index in [-0.39, 0.29) is 16.8 Å². The molecule has 1 aliphatic carbocycles. The van der Waals surface area contributed by atoms with Crippen LogP contribution in [-0.2, 0) is 11.0 Å². The fraction of sp³-hybridized carbons (Fsp3) is 0.300. The highest BCUT2D eigenvalue weighted by Crippen LogP contribution is 2.47. The van der Waals surface area contributed by atoms with E-state index in [1.807, 2.05) is 31.2 Å². The van der Waals surface area contributed by atoms with Gasteiger partial charge in [-0.2, -0.15) is 18.4 Å². The van der Waals surface area contributed by atoms with Crippen LogP contribution in [0, 0.1) is 18.3 Å². The highest BCUT2D eigenvalue weighted by molar-refractivity contribution is 7.81. The zero-order chi connectivity index (χ0) is 21.0. The Morgan fingerprint density at radius 1 is 1.17 bits per heavy atom. The number of nitrogens with zero attached hydrogens (tertiary/aromatic N) is 4. The molecule has 9 heteroatoms. The van der Waals surface area contributed by atoms with Crippen molar-refractivity contribution in [2.75, 3.05) is 9.80 Å². The lowest BCUT2D eigenvalue weighted by Gasteiger charge is -2.43. The van der Waals surface area contributed by atoms with Crippen LogP contribution >= 0.6 is 12.2 Å². The SMILES string of the molecule is Cc1ccc(N2C(=S)N(c3ccc(C#N)c(C(F)(F)F)n3)C(=O)C23CCC3)cc1. The summed E-state index contributed by atoms with van der Waals surface area (Å²) in [5, 5.41) is 9.07. The number of aryl methyl sites for hydroxylation is 1. The van der Waals surface area contributed by atoms with E-state index < -0.39 is 23.0 Å². The Kier molecular flexibility index (Phi) is 4.35. The Morgan fingerprint density at radius 3 is 2.34 bits per heavy atom. The van der Waals surface area contributed by atoms with Gasteiger partial charge in [0.15, 0.2) is 10.8 Å². The molecule has 1 aliphatic heterocycles. The number of halogens is 3. The van der Waals surface area contributed by atoms with E-state index in [2.05, 4.69) is 4.98 Å². The number of nitriles is 1. The van der Waals surface area contributed by atoms with E-state index in [0.29, 0.717) is 18.5 Å². The lowest BCUT2D eigenvalue weighted by atomic mass is 9.75. The highest BCUT2D eigenvalue weighted by atomic mass is 32.1. The molecule has 2 aliphatic rings. The van der Waals surface area contributed by atoms with E-state index >= 15 is 0 Å². The van der Waals surface area contributed by atoms with Crippen LogP contribution in [-0.4, -0.2) is 21.5 Å². The molecular weight excluding hydrogens is 401 g/mol. The van der Waals surface area contributed by atoms with Crippen LogP contribution in [0.5, 0.6) is 0 Å². The van der Waals surface area contributed by atoms with Gasteiger partial charge >= 0.3 is 6.18 Å². The molecule has 1 spiro atoms. The Balaban J connectivity index is 1.82. The molecule has 2 aromatic rings. The second-order valence-electron chi connectivity index (χ2n) is 7.15. The number of thiocarbonyl (C=S) groups is 1. The fourth-order valence-electron chi connectivity index (χ4n) is 3.76. The van der Waals surface area contributed by atoms with Gasteiger partial charge in [0.05, 0.1) is 5.56 Å². The smallest absolute Gasteiger partial charge is 0.303 e. The zero-order valence-corrected chi connectivity index (χ0v) is 16.1. The van der Waals surface area contributed by atoms with Crippen molar-refractivity contribution in [1.82, 2.24) is 4.98 Å². The Bertz CT molecular complexity index is 1050. The Morgan fingerprint density at radius 2 is 1.83 bits per heavy atom. The van der Waals surface area contributed by atoms with E-state index in [1.165, 1.54) is 12.1 Å². The summed E-state index contributed by atoms with van der Waals surface area (Å²) in [5.74, 6) is -0.619. The minimum Gasteiger partial charge on any atom is -0.303 e. The first-order valence-electron chi connectivity index (χ1n) is 8.93. The molecule has 148 valence electrons. The number of hydrogen-bond donors (Lipinski definition) is 0. The highest BCUT2D eigenvalue weighted by Gasteiger charge is 2.60. The molecule has 1 aromatic carbocycles. The monoisotopic (exact) mass is 416 g/mol. The number of carbonyl (C=O) groups excluding carboxylic acids is 1. The van der Waals surface area contributed by atoms with E-state index in [4.69, 9.17) is 17.5 Å². The summed E-state index contributed by atoms with van der Waals surface area (Å²) in [7, 11) is 0. The molecule has 1 aromatic heterocycles. The Hall–Kier alpha value is -2.99. The molecule has 0 bridgehead atoms. The van der Waals surface area contributed by atoms with Crippen molar-refractivity contribution in [3.05, 3.63) is 53.2 Å². The summed E-state index contributed by atoms with van der Waals surface area (Å²) < 4.78 is 40.0. The van der Waals surface area contributed by atoms with Gasteiger partial charge < -0.3 is 4.90 Å². The van der Waals surface area contributed by atoms with Crippen molar-refractivity contribution in [2.45, 2.75) is 37.9 Å². The van der Waals surface area contributed by atoms with Crippen LogP contribution in [0.15, 0.2) is 36.4 Å². The number of carbonyl (C=O) groups is 1. The van der Waals surface area contributed by atoms with Crippen LogP contribution < -0.4 is 9.80 Å². The van der Waals surface area contributed by atoms with Crippen LogP contribution in [0.2, 0.25) is 0 Å². The number of benzene rings is 1. The minimum atomic E-state index is -4.82. The number of pyridine rings is 1. The predicted molar refractivity (Wildman–Crippen MR) is 104 cm³/mol. The van der Waals surface area contributed by atoms with Crippen molar-refractivity contribution < 1.29 is 18.0 Å². The molecule has 4 rings (SSSR count). The maximum atomic E-state index is 13.3. The van der Waals surface area contributed by atoms with E-state index in [1.54, 1.807) is 4.90 Å². The van der Waals surface area contributed by atoms with Gasteiger partial charge in [-0.15, -0.1) is 0 Å². The molecule has 1 amide bonds. The largest absolute Gasteiger partial charge is 0.434 e. The number of aromatic nitrogens is 1. The summed E-state index contributed by atoms with van der Waals surface area (Å²) in [5.41, 5.74) is -1.09. The van der Waals surface area contributed by atoms with Gasteiger partial charge in [0, 0.05) is 5.69 Å². The van der Waals surface area contributed by atoms with Gasteiger partial charge in [-0.3, -0.25) is 4.79 Å². The lowest BCUT2D eigenvalue weighted by molar-refractivity contribution is -0.141. The standard InChI is InChI=1S/C20H15F3N4OS/c1-12-3-6-14(7-4-12)27-18(29)26(17(28)19(27)9-2-10-19)15-8-5-13(11-24)16(25-15)20(21,22)23/h3-8H,2,9-10H2,1H3. The summed E-state index contributed by atoms with van der Waals surface area (Å²) in [6.45, 7) is 1.93. The van der Waals surface area contributed by atoms with Crippen molar-refractivity contribution in [3.8, 4) is 6.07 Å². The quantitative estimate of drug-likeness (QED) is 0.682. The molecule has 2 heterocycles. The molecule has 0 atom stereocenters. The molecule has 2 fully saturated rings. The van der Waals surface area contributed by atoms with Crippen molar-refractivity contribution in [1.29, 1.82) is 5.26 Å². The first-order chi connectivity index (χ1) is 13.7. The normalized spacial score (nSPS) is 18.2. The maximum Gasteiger partial charge on any atom is 0.434 e. The molecule has 0 unspecified atom stereocenters.